The minimum absolute atomic E-state index is 0.0822. The molecular weight excluding hydrogens is 312 g/mol. The van der Waals surface area contributed by atoms with Gasteiger partial charge in [-0.05, 0) is 6.92 Å². The Balaban J connectivity index is 1.40. The van der Waals surface area contributed by atoms with E-state index in [1.54, 1.807) is 13.0 Å². The fraction of sp³-hybridized carbons (Fsp3) is 0.600. The summed E-state index contributed by atoms with van der Waals surface area (Å²) in [5, 5.41) is 14.5. The van der Waals surface area contributed by atoms with Crippen molar-refractivity contribution in [2.24, 2.45) is 0 Å². The number of aryl methyl sites for hydroxylation is 2. The van der Waals surface area contributed by atoms with E-state index < -0.39 is 0 Å². The van der Waals surface area contributed by atoms with Gasteiger partial charge in [-0.25, -0.2) is 0 Å². The number of aromatic nitrogens is 3. The molecule has 1 amide bonds. The lowest BCUT2D eigenvalue weighted by atomic mass is 10.3. The number of nitrogens with one attached hydrogen (secondary N) is 1. The molecule has 0 saturated carbocycles. The van der Waals surface area contributed by atoms with Gasteiger partial charge in [0.2, 0.25) is 17.7 Å². The number of nitrogens with zero attached hydrogens (tertiary/aromatic N) is 5. The minimum atomic E-state index is -0.0822. The highest BCUT2D eigenvalue weighted by Crippen LogP contribution is 2.10. The molecule has 0 aliphatic carbocycles. The first-order valence-corrected chi connectivity index (χ1v) is 8.11. The van der Waals surface area contributed by atoms with Crippen LogP contribution in [0.15, 0.2) is 15.0 Å². The molecule has 24 heavy (non-hydrogen) atoms. The smallest absolute Gasteiger partial charge is 0.239 e. The topological polar surface area (TPSA) is 101 Å². The molecule has 1 fully saturated rings. The Morgan fingerprint density at radius 2 is 1.92 bits per heavy atom. The quantitative estimate of drug-likeness (QED) is 0.823. The SMILES string of the molecule is CCc1nnc(CN2CCN(CC(=O)Nc3cc(C)on3)CC2)o1. The molecular formula is C15H22N6O3. The van der Waals surface area contributed by atoms with Crippen molar-refractivity contribution in [3.05, 3.63) is 23.6 Å². The Labute approximate surface area is 140 Å². The standard InChI is InChI=1S/C15H22N6O3/c1-3-14-17-18-15(23-14)10-21-6-4-20(5-7-21)9-13(22)16-12-8-11(2)24-19-12/h8H,3-7,9-10H2,1-2H3,(H,16,19,22). The summed E-state index contributed by atoms with van der Waals surface area (Å²) in [6.07, 6.45) is 0.751. The summed E-state index contributed by atoms with van der Waals surface area (Å²) < 4.78 is 10.5. The Kier molecular flexibility index (Phi) is 5.21. The molecule has 2 aromatic rings. The van der Waals surface area contributed by atoms with Crippen molar-refractivity contribution in [3.8, 4) is 0 Å². The van der Waals surface area contributed by atoms with Crippen LogP contribution in [0.2, 0.25) is 0 Å². The Morgan fingerprint density at radius 3 is 2.54 bits per heavy atom. The van der Waals surface area contributed by atoms with E-state index >= 15 is 0 Å². The highest BCUT2D eigenvalue weighted by molar-refractivity contribution is 5.91. The van der Waals surface area contributed by atoms with E-state index in [0.29, 0.717) is 36.4 Å². The second-order valence-corrected chi connectivity index (χ2v) is 5.87. The second kappa shape index (κ2) is 7.54. The second-order valence-electron chi connectivity index (χ2n) is 5.87. The molecule has 0 radical (unpaired) electrons. The third-order valence-electron chi connectivity index (χ3n) is 3.90. The average Bonchev–Trinajstić information content (AvgIpc) is 3.18. The fourth-order valence-corrected chi connectivity index (χ4v) is 2.60. The number of anilines is 1. The van der Waals surface area contributed by atoms with Crippen LogP contribution in [0.3, 0.4) is 0 Å². The van der Waals surface area contributed by atoms with Gasteiger partial charge in [0.25, 0.3) is 0 Å². The molecule has 130 valence electrons. The van der Waals surface area contributed by atoms with Crippen LogP contribution >= 0.6 is 0 Å². The molecule has 9 heteroatoms. The molecule has 0 atom stereocenters. The van der Waals surface area contributed by atoms with E-state index in [9.17, 15) is 4.79 Å². The van der Waals surface area contributed by atoms with Crippen LogP contribution in [0.25, 0.3) is 0 Å². The number of hydrogen-bond donors (Lipinski definition) is 1. The van der Waals surface area contributed by atoms with Crippen LogP contribution in [-0.4, -0.2) is 63.8 Å². The summed E-state index contributed by atoms with van der Waals surface area (Å²) >= 11 is 0. The predicted octanol–water partition coefficient (Wildman–Crippen LogP) is 0.685. The number of hydrogen-bond acceptors (Lipinski definition) is 8. The van der Waals surface area contributed by atoms with E-state index in [-0.39, 0.29) is 5.91 Å². The van der Waals surface area contributed by atoms with Crippen molar-refractivity contribution < 1.29 is 13.7 Å². The summed E-state index contributed by atoms with van der Waals surface area (Å²) in [5.41, 5.74) is 0. The maximum atomic E-state index is 12.0. The zero-order valence-electron chi connectivity index (χ0n) is 14.0. The summed E-state index contributed by atoms with van der Waals surface area (Å²) in [5.74, 6) is 2.37. The van der Waals surface area contributed by atoms with Crippen molar-refractivity contribution in [1.29, 1.82) is 0 Å². The Hall–Kier alpha value is -2.26. The number of rotatable bonds is 6. The van der Waals surface area contributed by atoms with Crippen LogP contribution in [0.4, 0.5) is 5.82 Å². The van der Waals surface area contributed by atoms with Crippen molar-refractivity contribution in [1.82, 2.24) is 25.2 Å². The van der Waals surface area contributed by atoms with E-state index in [1.165, 1.54) is 0 Å². The van der Waals surface area contributed by atoms with E-state index in [1.807, 2.05) is 6.92 Å². The first-order valence-electron chi connectivity index (χ1n) is 8.11. The van der Waals surface area contributed by atoms with Crippen molar-refractivity contribution in [2.75, 3.05) is 38.0 Å². The van der Waals surface area contributed by atoms with Gasteiger partial charge in [0.15, 0.2) is 5.82 Å². The zero-order valence-corrected chi connectivity index (χ0v) is 14.0. The van der Waals surface area contributed by atoms with Crippen LogP contribution in [0.5, 0.6) is 0 Å². The van der Waals surface area contributed by atoms with Gasteiger partial charge < -0.3 is 14.3 Å². The summed E-state index contributed by atoms with van der Waals surface area (Å²) in [4.78, 5) is 16.4. The summed E-state index contributed by atoms with van der Waals surface area (Å²) in [6, 6.07) is 1.70. The van der Waals surface area contributed by atoms with Crippen LogP contribution in [-0.2, 0) is 17.8 Å². The zero-order chi connectivity index (χ0) is 16.9. The minimum Gasteiger partial charge on any atom is -0.424 e. The molecule has 0 bridgehead atoms. The normalized spacial score (nSPS) is 16.4. The molecule has 1 aliphatic heterocycles. The molecule has 0 unspecified atom stereocenters. The molecule has 9 nitrogen and oxygen atoms in total. The van der Waals surface area contributed by atoms with Crippen molar-refractivity contribution >= 4 is 11.7 Å². The van der Waals surface area contributed by atoms with E-state index in [0.717, 1.165) is 32.6 Å². The predicted molar refractivity (Wildman–Crippen MR) is 85.3 cm³/mol. The van der Waals surface area contributed by atoms with E-state index in [4.69, 9.17) is 8.94 Å². The van der Waals surface area contributed by atoms with Gasteiger partial charge in [-0.3, -0.25) is 14.6 Å². The number of carbonyl (C=O) groups is 1. The lowest BCUT2D eigenvalue weighted by Crippen LogP contribution is -2.48. The largest absolute Gasteiger partial charge is 0.424 e. The van der Waals surface area contributed by atoms with Crippen molar-refractivity contribution in [3.63, 3.8) is 0 Å². The Bertz CT molecular complexity index is 674. The summed E-state index contributed by atoms with van der Waals surface area (Å²) in [7, 11) is 0. The van der Waals surface area contributed by atoms with Gasteiger partial charge in [-0.15, -0.1) is 10.2 Å². The first kappa shape index (κ1) is 16.6. The van der Waals surface area contributed by atoms with Gasteiger partial charge in [0.05, 0.1) is 13.1 Å². The number of piperazine rings is 1. The van der Waals surface area contributed by atoms with Crippen LogP contribution in [0, 0.1) is 6.92 Å². The lowest BCUT2D eigenvalue weighted by Gasteiger charge is -2.33. The van der Waals surface area contributed by atoms with Crippen LogP contribution in [0.1, 0.15) is 24.5 Å². The number of amides is 1. The highest BCUT2D eigenvalue weighted by Gasteiger charge is 2.21. The maximum absolute atomic E-state index is 12.0. The van der Waals surface area contributed by atoms with Crippen molar-refractivity contribution in [2.45, 2.75) is 26.8 Å². The Morgan fingerprint density at radius 1 is 1.21 bits per heavy atom. The first-order chi connectivity index (χ1) is 11.6. The fourth-order valence-electron chi connectivity index (χ4n) is 2.60. The number of carbonyl (C=O) groups excluding carboxylic acids is 1. The van der Waals surface area contributed by atoms with Crippen LogP contribution < -0.4 is 5.32 Å². The molecule has 3 rings (SSSR count). The van der Waals surface area contributed by atoms with Gasteiger partial charge >= 0.3 is 0 Å². The molecule has 2 aromatic heterocycles. The maximum Gasteiger partial charge on any atom is 0.239 e. The molecule has 1 N–H and O–H groups in total. The molecule has 0 spiro atoms. The highest BCUT2D eigenvalue weighted by atomic mass is 16.5. The van der Waals surface area contributed by atoms with Gasteiger partial charge in [-0.1, -0.05) is 12.1 Å². The van der Waals surface area contributed by atoms with Gasteiger partial charge in [0.1, 0.15) is 5.76 Å². The molecule has 0 aromatic carbocycles. The lowest BCUT2D eigenvalue weighted by molar-refractivity contribution is -0.117. The average molecular weight is 334 g/mol. The molecule has 1 saturated heterocycles. The third-order valence-corrected chi connectivity index (χ3v) is 3.90. The summed E-state index contributed by atoms with van der Waals surface area (Å²) in [6.45, 7) is 8.14. The molecule has 3 heterocycles. The van der Waals surface area contributed by atoms with Gasteiger partial charge in [0, 0.05) is 38.7 Å². The van der Waals surface area contributed by atoms with Gasteiger partial charge in [-0.2, -0.15) is 0 Å². The third kappa shape index (κ3) is 4.39. The van der Waals surface area contributed by atoms with E-state index in [2.05, 4.69) is 30.5 Å². The monoisotopic (exact) mass is 334 g/mol. The molecule has 1 aliphatic rings.